The fourth-order valence-corrected chi connectivity index (χ4v) is 5.61. The summed E-state index contributed by atoms with van der Waals surface area (Å²) in [7, 11) is -3.08. The van der Waals surface area contributed by atoms with Gasteiger partial charge in [0, 0.05) is 12.6 Å². The Kier molecular flexibility index (Phi) is 4.81. The van der Waals surface area contributed by atoms with Gasteiger partial charge in [-0.2, -0.15) is 5.10 Å². The monoisotopic (exact) mass is 417 g/mol. The molecular formula is C19H23N5O4S. The molecule has 2 aromatic heterocycles. The van der Waals surface area contributed by atoms with Gasteiger partial charge in [0.25, 0.3) is 0 Å². The standard InChI is InChI=1S/C19H23N5O4S/c1-3-22-15-6-4-5-7-16(15)23(19(22)26)11-18(25)20-17-10-13(2)21-24(17)14-8-9-29(27,28)12-14/h4-7,10,14H,3,8-9,11-12H2,1-2H3,(H,20,25). The molecule has 1 unspecified atom stereocenters. The molecule has 1 fully saturated rings. The highest BCUT2D eigenvalue weighted by molar-refractivity contribution is 7.91. The Labute approximate surface area is 167 Å². The van der Waals surface area contributed by atoms with Crippen LogP contribution in [-0.2, 0) is 27.7 Å². The van der Waals surface area contributed by atoms with Crippen molar-refractivity contribution in [3.8, 4) is 0 Å². The minimum absolute atomic E-state index is 0.0143. The van der Waals surface area contributed by atoms with E-state index in [0.29, 0.717) is 30.0 Å². The van der Waals surface area contributed by atoms with Crippen molar-refractivity contribution in [2.75, 3.05) is 16.8 Å². The second kappa shape index (κ2) is 7.18. The molecule has 1 saturated heterocycles. The van der Waals surface area contributed by atoms with Crippen LogP contribution in [0.3, 0.4) is 0 Å². The molecular weight excluding hydrogens is 394 g/mol. The van der Waals surface area contributed by atoms with E-state index in [1.54, 1.807) is 22.2 Å². The number of sulfone groups is 1. The summed E-state index contributed by atoms with van der Waals surface area (Å²) < 4.78 is 28.3. The number of carbonyl (C=O) groups excluding carboxylic acids is 1. The van der Waals surface area contributed by atoms with Gasteiger partial charge in [-0.1, -0.05) is 12.1 Å². The number of para-hydroxylation sites is 2. The average Bonchev–Trinajstić information content (AvgIpc) is 3.29. The van der Waals surface area contributed by atoms with Crippen LogP contribution in [0.25, 0.3) is 11.0 Å². The molecule has 4 rings (SSSR count). The van der Waals surface area contributed by atoms with Gasteiger partial charge in [0.2, 0.25) is 5.91 Å². The lowest BCUT2D eigenvalue weighted by molar-refractivity contribution is -0.116. The van der Waals surface area contributed by atoms with E-state index in [1.807, 2.05) is 31.2 Å². The number of amides is 1. The summed E-state index contributed by atoms with van der Waals surface area (Å²) in [5.74, 6) is 0.214. The van der Waals surface area contributed by atoms with Crippen molar-refractivity contribution < 1.29 is 13.2 Å². The summed E-state index contributed by atoms with van der Waals surface area (Å²) in [6, 6.07) is 8.76. The van der Waals surface area contributed by atoms with E-state index in [1.165, 1.54) is 4.57 Å². The van der Waals surface area contributed by atoms with Crippen LogP contribution < -0.4 is 11.0 Å². The van der Waals surface area contributed by atoms with E-state index in [2.05, 4.69) is 10.4 Å². The van der Waals surface area contributed by atoms with E-state index in [-0.39, 0.29) is 35.7 Å². The molecule has 0 aliphatic carbocycles. The molecule has 3 heterocycles. The van der Waals surface area contributed by atoms with Crippen LogP contribution in [0, 0.1) is 6.92 Å². The van der Waals surface area contributed by atoms with E-state index in [4.69, 9.17) is 0 Å². The Morgan fingerprint density at radius 1 is 1.24 bits per heavy atom. The maximum atomic E-state index is 12.7. The number of nitrogens with zero attached hydrogens (tertiary/aromatic N) is 4. The Balaban J connectivity index is 1.60. The van der Waals surface area contributed by atoms with E-state index < -0.39 is 9.84 Å². The molecule has 10 heteroatoms. The quantitative estimate of drug-likeness (QED) is 0.674. The maximum Gasteiger partial charge on any atom is 0.329 e. The Bertz CT molecular complexity index is 1250. The second-order valence-corrected chi connectivity index (χ2v) is 9.55. The number of anilines is 1. The van der Waals surface area contributed by atoms with Crippen molar-refractivity contribution in [1.82, 2.24) is 18.9 Å². The number of aryl methyl sites for hydroxylation is 2. The third kappa shape index (κ3) is 3.59. The minimum Gasteiger partial charge on any atom is -0.309 e. The maximum absolute atomic E-state index is 12.7. The molecule has 1 N–H and O–H groups in total. The summed E-state index contributed by atoms with van der Waals surface area (Å²) in [6.45, 7) is 4.04. The highest BCUT2D eigenvalue weighted by atomic mass is 32.2. The number of imidazole rings is 1. The zero-order valence-electron chi connectivity index (χ0n) is 16.3. The molecule has 0 radical (unpaired) electrons. The third-order valence-electron chi connectivity index (χ3n) is 5.22. The van der Waals surface area contributed by atoms with Gasteiger partial charge in [-0.05, 0) is 32.4 Å². The largest absolute Gasteiger partial charge is 0.329 e. The first kappa shape index (κ1) is 19.4. The summed E-state index contributed by atoms with van der Waals surface area (Å²) in [5.41, 5.74) is 1.92. The predicted molar refractivity (Wildman–Crippen MR) is 110 cm³/mol. The lowest BCUT2D eigenvalue weighted by atomic mass is 10.3. The normalized spacial score (nSPS) is 18.3. The van der Waals surface area contributed by atoms with Gasteiger partial charge in [0.15, 0.2) is 9.84 Å². The topological polar surface area (TPSA) is 108 Å². The molecule has 1 amide bonds. The number of rotatable bonds is 5. The highest BCUT2D eigenvalue weighted by Gasteiger charge is 2.31. The van der Waals surface area contributed by atoms with Gasteiger partial charge < -0.3 is 5.32 Å². The number of hydrogen-bond donors (Lipinski definition) is 1. The van der Waals surface area contributed by atoms with Gasteiger partial charge in [0.05, 0.1) is 34.3 Å². The van der Waals surface area contributed by atoms with E-state index >= 15 is 0 Å². The molecule has 1 aliphatic rings. The number of hydrogen-bond acceptors (Lipinski definition) is 5. The molecule has 9 nitrogen and oxygen atoms in total. The first-order chi connectivity index (χ1) is 13.8. The highest BCUT2D eigenvalue weighted by Crippen LogP contribution is 2.27. The molecule has 3 aromatic rings. The number of nitrogens with one attached hydrogen (secondary N) is 1. The van der Waals surface area contributed by atoms with Crippen LogP contribution in [0.5, 0.6) is 0 Å². The average molecular weight is 417 g/mol. The Morgan fingerprint density at radius 3 is 2.55 bits per heavy atom. The fourth-order valence-electron chi connectivity index (χ4n) is 3.91. The van der Waals surface area contributed by atoms with E-state index in [9.17, 15) is 18.0 Å². The van der Waals surface area contributed by atoms with Crippen molar-refractivity contribution >= 4 is 32.6 Å². The summed E-state index contributed by atoms with van der Waals surface area (Å²) in [5, 5.41) is 7.17. The number of carbonyl (C=O) groups is 1. The van der Waals surface area contributed by atoms with Gasteiger partial charge >= 0.3 is 5.69 Å². The Morgan fingerprint density at radius 2 is 1.93 bits per heavy atom. The zero-order chi connectivity index (χ0) is 20.8. The predicted octanol–water partition coefficient (Wildman–Crippen LogP) is 1.33. The minimum atomic E-state index is -3.08. The molecule has 1 aliphatic heterocycles. The van der Waals surface area contributed by atoms with Crippen LogP contribution in [0.2, 0.25) is 0 Å². The number of benzene rings is 1. The van der Waals surface area contributed by atoms with Crippen molar-refractivity contribution in [1.29, 1.82) is 0 Å². The molecule has 0 saturated carbocycles. The summed E-state index contributed by atoms with van der Waals surface area (Å²) >= 11 is 0. The molecule has 1 aromatic carbocycles. The van der Waals surface area contributed by atoms with Crippen LogP contribution >= 0.6 is 0 Å². The first-order valence-corrected chi connectivity index (χ1v) is 11.4. The number of aromatic nitrogens is 4. The lowest BCUT2D eigenvalue weighted by Crippen LogP contribution is -2.30. The SMILES string of the molecule is CCn1c(=O)n(CC(=O)Nc2cc(C)nn2C2CCS(=O)(=O)C2)c2ccccc21. The van der Waals surface area contributed by atoms with Crippen LogP contribution in [0.4, 0.5) is 5.82 Å². The van der Waals surface area contributed by atoms with Crippen molar-refractivity contribution in [3.05, 3.63) is 46.5 Å². The van der Waals surface area contributed by atoms with Crippen molar-refractivity contribution in [2.24, 2.45) is 0 Å². The van der Waals surface area contributed by atoms with Gasteiger partial charge in [0.1, 0.15) is 12.4 Å². The van der Waals surface area contributed by atoms with Crippen LogP contribution in [-0.4, -0.2) is 44.7 Å². The van der Waals surface area contributed by atoms with Gasteiger partial charge in [-0.3, -0.25) is 13.9 Å². The molecule has 1 atom stereocenters. The lowest BCUT2D eigenvalue weighted by Gasteiger charge is -2.14. The summed E-state index contributed by atoms with van der Waals surface area (Å²) in [6.07, 6.45) is 0.468. The summed E-state index contributed by atoms with van der Waals surface area (Å²) in [4.78, 5) is 25.5. The van der Waals surface area contributed by atoms with E-state index in [0.717, 1.165) is 5.52 Å². The zero-order valence-corrected chi connectivity index (χ0v) is 17.1. The van der Waals surface area contributed by atoms with Crippen molar-refractivity contribution in [3.63, 3.8) is 0 Å². The molecule has 0 bridgehead atoms. The van der Waals surface area contributed by atoms with Crippen molar-refractivity contribution in [2.45, 2.75) is 39.4 Å². The smallest absolute Gasteiger partial charge is 0.309 e. The van der Waals surface area contributed by atoms with Gasteiger partial charge in [-0.25, -0.2) is 17.9 Å². The number of fused-ring (bicyclic) bond motifs is 1. The second-order valence-electron chi connectivity index (χ2n) is 7.32. The van der Waals surface area contributed by atoms with Gasteiger partial charge in [-0.15, -0.1) is 0 Å². The van der Waals surface area contributed by atoms with Crippen LogP contribution in [0.1, 0.15) is 25.1 Å². The molecule has 0 spiro atoms. The Hall–Kier alpha value is -2.88. The molecule has 29 heavy (non-hydrogen) atoms. The third-order valence-corrected chi connectivity index (χ3v) is 6.97. The fraction of sp³-hybridized carbons (Fsp3) is 0.421. The first-order valence-electron chi connectivity index (χ1n) is 9.53. The molecule has 154 valence electrons. The van der Waals surface area contributed by atoms with Crippen LogP contribution in [0.15, 0.2) is 35.1 Å².